The fourth-order valence-corrected chi connectivity index (χ4v) is 8.95. The molecule has 8 rings (SSSR count). The van der Waals surface area contributed by atoms with Gasteiger partial charge in [-0.2, -0.15) is 0 Å². The Bertz CT molecular complexity index is 2470. The molecule has 0 saturated heterocycles. The zero-order valence-corrected chi connectivity index (χ0v) is 30.4. The smallest absolute Gasteiger partial charge is 0.0554 e. The van der Waals surface area contributed by atoms with Gasteiger partial charge in [0, 0.05) is 59.8 Å². The highest BCUT2D eigenvalue weighted by atomic mass is 32.2. The molecule has 1 heterocycles. The van der Waals surface area contributed by atoms with Gasteiger partial charge in [0.1, 0.15) is 0 Å². The maximum absolute atomic E-state index is 2.46. The normalized spacial score (nSPS) is 11.3. The molecular formula is C46H38N2S2. The van der Waals surface area contributed by atoms with Crippen LogP contribution in [-0.4, -0.2) is 7.05 Å². The van der Waals surface area contributed by atoms with Gasteiger partial charge in [-0.25, -0.2) is 0 Å². The Hall–Kier alpha value is -5.29. The van der Waals surface area contributed by atoms with Crippen molar-refractivity contribution in [2.75, 3.05) is 16.8 Å². The Kier molecular flexibility index (Phi) is 8.66. The number of aryl methyl sites for hydroxylation is 3. The van der Waals surface area contributed by atoms with Crippen molar-refractivity contribution < 1.29 is 0 Å². The highest BCUT2D eigenvalue weighted by molar-refractivity contribution is 7.99. The molecular weight excluding hydrogens is 645 g/mol. The van der Waals surface area contributed by atoms with Crippen molar-refractivity contribution in [2.24, 2.45) is 0 Å². The highest BCUT2D eigenvalue weighted by Gasteiger charge is 2.21. The summed E-state index contributed by atoms with van der Waals surface area (Å²) in [6.45, 7) is 6.66. The first-order valence-electron chi connectivity index (χ1n) is 17.0. The molecule has 0 fully saturated rings. The summed E-state index contributed by atoms with van der Waals surface area (Å²) < 4.78 is 2.56. The van der Waals surface area contributed by atoms with Crippen molar-refractivity contribution in [2.45, 2.75) is 30.6 Å². The van der Waals surface area contributed by atoms with E-state index in [0.29, 0.717) is 0 Å². The molecule has 4 heteroatoms. The largest absolute Gasteiger partial charge is 0.345 e. The minimum atomic E-state index is 1.15. The van der Waals surface area contributed by atoms with Gasteiger partial charge < -0.3 is 9.80 Å². The first-order chi connectivity index (χ1) is 24.4. The monoisotopic (exact) mass is 682 g/mol. The quantitative estimate of drug-likeness (QED) is 0.157. The molecule has 0 amide bonds. The zero-order chi connectivity index (χ0) is 34.2. The van der Waals surface area contributed by atoms with Crippen LogP contribution in [0.1, 0.15) is 16.7 Å². The number of hydrogen-bond acceptors (Lipinski definition) is 4. The van der Waals surface area contributed by atoms with Gasteiger partial charge in [0.2, 0.25) is 0 Å². The van der Waals surface area contributed by atoms with Crippen molar-refractivity contribution in [1.29, 1.82) is 0 Å². The molecule has 50 heavy (non-hydrogen) atoms. The third-order valence-electron chi connectivity index (χ3n) is 9.52. The molecule has 244 valence electrons. The van der Waals surface area contributed by atoms with Gasteiger partial charge in [0.05, 0.1) is 5.69 Å². The van der Waals surface area contributed by atoms with Gasteiger partial charge in [-0.05, 0) is 127 Å². The van der Waals surface area contributed by atoms with Crippen molar-refractivity contribution in [3.8, 4) is 11.1 Å². The van der Waals surface area contributed by atoms with E-state index in [1.807, 2.05) is 23.1 Å². The van der Waals surface area contributed by atoms with E-state index < -0.39 is 0 Å². The van der Waals surface area contributed by atoms with E-state index in [-0.39, 0.29) is 0 Å². The molecule has 0 radical (unpaired) electrons. The number of fused-ring (bicyclic) bond motifs is 3. The van der Waals surface area contributed by atoms with E-state index in [4.69, 9.17) is 0 Å². The minimum Gasteiger partial charge on any atom is -0.345 e. The fourth-order valence-electron chi connectivity index (χ4n) is 6.89. The van der Waals surface area contributed by atoms with Crippen molar-refractivity contribution in [1.82, 2.24) is 0 Å². The fraction of sp³-hybridized carbons (Fsp3) is 0.0870. The van der Waals surface area contributed by atoms with E-state index >= 15 is 0 Å². The Morgan fingerprint density at radius 1 is 0.480 bits per heavy atom. The Balaban J connectivity index is 1.28. The summed E-state index contributed by atoms with van der Waals surface area (Å²) in [5, 5.41) is 2.56. The number of para-hydroxylation sites is 1. The minimum absolute atomic E-state index is 1.15. The number of hydrogen-bond donors (Lipinski definition) is 0. The van der Waals surface area contributed by atoms with Crippen LogP contribution in [0.5, 0.6) is 0 Å². The van der Waals surface area contributed by atoms with E-state index in [2.05, 4.69) is 195 Å². The van der Waals surface area contributed by atoms with Crippen molar-refractivity contribution in [3.63, 3.8) is 0 Å². The van der Waals surface area contributed by atoms with E-state index in [0.717, 1.165) is 11.4 Å². The van der Waals surface area contributed by atoms with Gasteiger partial charge in [-0.1, -0.05) is 90.6 Å². The Morgan fingerprint density at radius 2 is 1.14 bits per heavy atom. The van der Waals surface area contributed by atoms with Crippen LogP contribution in [-0.2, 0) is 0 Å². The first kappa shape index (κ1) is 31.9. The summed E-state index contributed by atoms with van der Waals surface area (Å²) in [6.07, 6.45) is 0. The van der Waals surface area contributed by atoms with Crippen LogP contribution < -0.4 is 9.80 Å². The Labute approximate surface area is 303 Å². The van der Waals surface area contributed by atoms with Crippen LogP contribution in [0, 0.1) is 20.8 Å². The summed E-state index contributed by atoms with van der Waals surface area (Å²) in [5.74, 6) is 0. The molecule has 0 spiro atoms. The van der Waals surface area contributed by atoms with Crippen LogP contribution in [0.3, 0.4) is 0 Å². The maximum atomic E-state index is 2.46. The van der Waals surface area contributed by atoms with E-state index in [9.17, 15) is 0 Å². The topological polar surface area (TPSA) is 6.48 Å². The lowest BCUT2D eigenvalue weighted by molar-refractivity contribution is 1.21. The number of benzene rings is 7. The number of nitrogens with zero attached hydrogens (tertiary/aromatic N) is 2. The van der Waals surface area contributed by atoms with Crippen molar-refractivity contribution in [3.05, 3.63) is 174 Å². The van der Waals surface area contributed by atoms with Crippen LogP contribution in [0.25, 0.3) is 31.3 Å². The second-order valence-corrected chi connectivity index (χ2v) is 15.0. The predicted molar refractivity (Wildman–Crippen MR) is 219 cm³/mol. The molecule has 0 aliphatic carbocycles. The second kappa shape index (κ2) is 13.5. The van der Waals surface area contributed by atoms with Crippen LogP contribution in [0.15, 0.2) is 168 Å². The second-order valence-electron chi connectivity index (χ2n) is 12.8. The Morgan fingerprint density at radius 3 is 1.88 bits per heavy atom. The molecule has 1 aromatic heterocycles. The SMILES string of the molecule is Cc1cc(N(c2ccc(-c3ccccc3C)c(C)c2)c2cccc3sc4cc(N(C)c5ccccc5)ccc4c23)ccc1Sc1ccccc1. The van der Waals surface area contributed by atoms with E-state index in [1.165, 1.54) is 74.8 Å². The standard InChI is InChI=1S/C46H38N2S2/c1-31-14-11-12-19-39(31)40-25-23-36(28-32(40)2)48(37-24-27-43(33(3)29-37)49-38-17-9-6-10-18-38)42-20-13-21-44-46(42)41-26-22-35(30-45(41)50-44)47(4)34-15-7-5-8-16-34/h5-30H,1-4H3. The van der Waals surface area contributed by atoms with Crippen LogP contribution >= 0.6 is 23.1 Å². The summed E-state index contributed by atoms with van der Waals surface area (Å²) >= 11 is 3.68. The molecule has 8 aromatic rings. The average molecular weight is 683 g/mol. The highest BCUT2D eigenvalue weighted by Crippen LogP contribution is 2.47. The molecule has 0 aliphatic rings. The summed E-state index contributed by atoms with van der Waals surface area (Å²) in [7, 11) is 2.14. The van der Waals surface area contributed by atoms with Gasteiger partial charge in [0.25, 0.3) is 0 Å². The molecule has 0 saturated carbocycles. The molecule has 7 aromatic carbocycles. The number of rotatable bonds is 8. The van der Waals surface area contributed by atoms with Gasteiger partial charge >= 0.3 is 0 Å². The lowest BCUT2D eigenvalue weighted by Gasteiger charge is -2.28. The maximum Gasteiger partial charge on any atom is 0.0554 e. The molecule has 0 atom stereocenters. The summed E-state index contributed by atoms with van der Waals surface area (Å²) in [6, 6.07) is 57.3. The van der Waals surface area contributed by atoms with Crippen molar-refractivity contribution >= 4 is 71.7 Å². The van der Waals surface area contributed by atoms with Crippen LogP contribution in [0.2, 0.25) is 0 Å². The summed E-state index contributed by atoms with van der Waals surface area (Å²) in [5.41, 5.74) is 12.2. The predicted octanol–water partition coefficient (Wildman–Crippen LogP) is 14.0. The van der Waals surface area contributed by atoms with Gasteiger partial charge in [-0.15, -0.1) is 11.3 Å². The molecule has 0 aliphatic heterocycles. The summed E-state index contributed by atoms with van der Waals surface area (Å²) in [4.78, 5) is 7.22. The lowest BCUT2D eigenvalue weighted by Crippen LogP contribution is -2.11. The number of thiophene rings is 1. The third kappa shape index (κ3) is 6.06. The molecule has 0 bridgehead atoms. The molecule has 2 nitrogen and oxygen atoms in total. The third-order valence-corrected chi connectivity index (χ3v) is 11.8. The lowest BCUT2D eigenvalue weighted by atomic mass is 9.96. The van der Waals surface area contributed by atoms with Gasteiger partial charge in [0.15, 0.2) is 0 Å². The number of anilines is 5. The molecule has 0 unspecified atom stereocenters. The van der Waals surface area contributed by atoms with E-state index in [1.54, 1.807) is 0 Å². The molecule has 0 N–H and O–H groups in total. The zero-order valence-electron chi connectivity index (χ0n) is 28.7. The first-order valence-corrected chi connectivity index (χ1v) is 18.6. The average Bonchev–Trinajstić information content (AvgIpc) is 3.52. The van der Waals surface area contributed by atoms with Gasteiger partial charge in [-0.3, -0.25) is 0 Å². The van der Waals surface area contributed by atoms with Crippen LogP contribution in [0.4, 0.5) is 28.4 Å².